The predicted molar refractivity (Wildman–Crippen MR) is 117 cm³/mol. The van der Waals surface area contributed by atoms with Crippen LogP contribution in [-0.2, 0) is 10.5 Å². The Kier molecular flexibility index (Phi) is 8.48. The van der Waals surface area contributed by atoms with Gasteiger partial charge >= 0.3 is 0 Å². The average molecular weight is 426 g/mol. The van der Waals surface area contributed by atoms with Crippen LogP contribution in [0.2, 0.25) is 5.02 Å². The lowest BCUT2D eigenvalue weighted by molar-refractivity contribution is -0.132. The van der Waals surface area contributed by atoms with E-state index in [-0.39, 0.29) is 17.8 Å². The number of carbonyl (C=O) groups is 1. The molecule has 156 valence electrons. The van der Waals surface area contributed by atoms with Gasteiger partial charge in [0.2, 0.25) is 5.91 Å². The van der Waals surface area contributed by atoms with Crippen LogP contribution >= 0.6 is 23.4 Å². The molecule has 0 saturated carbocycles. The quantitative estimate of drug-likeness (QED) is 0.727. The number of hydrogen-bond acceptors (Lipinski definition) is 5. The number of rotatable bonds is 7. The molecule has 0 spiro atoms. The average Bonchev–Trinajstić information content (AvgIpc) is 2.73. The van der Waals surface area contributed by atoms with E-state index in [0.717, 1.165) is 69.4 Å². The maximum Gasteiger partial charge on any atom is 0.235 e. The summed E-state index contributed by atoms with van der Waals surface area (Å²) in [6, 6.07) is 8.45. The largest absolute Gasteiger partial charge is 0.395 e. The van der Waals surface area contributed by atoms with Crippen molar-refractivity contribution in [2.45, 2.75) is 36.8 Å². The van der Waals surface area contributed by atoms with Gasteiger partial charge in [0, 0.05) is 62.6 Å². The Morgan fingerprint density at radius 1 is 1.14 bits per heavy atom. The molecule has 1 aromatic carbocycles. The third kappa shape index (κ3) is 6.10. The first kappa shape index (κ1) is 21.9. The number of carbonyl (C=O) groups excluding carboxylic acids is 1. The summed E-state index contributed by atoms with van der Waals surface area (Å²) >= 11 is 7.63. The number of halogens is 1. The minimum absolute atomic E-state index is 0.0192. The van der Waals surface area contributed by atoms with Crippen LogP contribution in [0.1, 0.15) is 25.3 Å². The molecular formula is C21H32ClN3O2S. The van der Waals surface area contributed by atoms with E-state index in [4.69, 9.17) is 16.7 Å². The lowest BCUT2D eigenvalue weighted by Crippen LogP contribution is -2.54. The number of nitrogens with zero attached hydrogens (tertiary/aromatic N) is 3. The van der Waals surface area contributed by atoms with E-state index in [1.54, 1.807) is 11.8 Å². The van der Waals surface area contributed by atoms with E-state index in [1.807, 2.05) is 31.2 Å². The van der Waals surface area contributed by atoms with Crippen molar-refractivity contribution in [2.75, 3.05) is 52.4 Å². The molecule has 7 heteroatoms. The van der Waals surface area contributed by atoms with Gasteiger partial charge in [0.15, 0.2) is 0 Å². The number of amides is 1. The number of thioether (sulfide) groups is 1. The zero-order valence-corrected chi connectivity index (χ0v) is 18.3. The molecule has 5 nitrogen and oxygen atoms in total. The fraction of sp³-hybridized carbons (Fsp3) is 0.667. The van der Waals surface area contributed by atoms with Crippen LogP contribution in [0.25, 0.3) is 0 Å². The van der Waals surface area contributed by atoms with Gasteiger partial charge in [0.1, 0.15) is 0 Å². The number of benzene rings is 1. The number of piperidine rings is 1. The summed E-state index contributed by atoms with van der Waals surface area (Å²) in [7, 11) is 0. The van der Waals surface area contributed by atoms with Crippen LogP contribution in [0.5, 0.6) is 0 Å². The Morgan fingerprint density at radius 3 is 2.39 bits per heavy atom. The first-order chi connectivity index (χ1) is 13.6. The van der Waals surface area contributed by atoms with Gasteiger partial charge in [0.05, 0.1) is 11.9 Å². The predicted octanol–water partition coefficient (Wildman–Crippen LogP) is 2.56. The van der Waals surface area contributed by atoms with Crippen molar-refractivity contribution < 1.29 is 9.90 Å². The van der Waals surface area contributed by atoms with Crippen LogP contribution < -0.4 is 0 Å². The molecule has 3 rings (SSSR count). The molecule has 1 amide bonds. The van der Waals surface area contributed by atoms with E-state index in [9.17, 15) is 4.79 Å². The van der Waals surface area contributed by atoms with Gasteiger partial charge in [-0.1, -0.05) is 23.7 Å². The van der Waals surface area contributed by atoms with Gasteiger partial charge in [0.25, 0.3) is 0 Å². The van der Waals surface area contributed by atoms with E-state index in [2.05, 4.69) is 14.7 Å². The number of aliphatic hydroxyl groups is 1. The lowest BCUT2D eigenvalue weighted by atomic mass is 10.0. The van der Waals surface area contributed by atoms with Crippen molar-refractivity contribution in [3.63, 3.8) is 0 Å². The maximum absolute atomic E-state index is 12.8. The molecule has 1 aromatic rings. The van der Waals surface area contributed by atoms with Crippen molar-refractivity contribution in [3.05, 3.63) is 34.9 Å². The normalized spacial score (nSPS) is 21.0. The minimum atomic E-state index is -0.0192. The van der Waals surface area contributed by atoms with Gasteiger partial charge in [-0.15, -0.1) is 11.8 Å². The van der Waals surface area contributed by atoms with Crippen molar-refractivity contribution >= 4 is 29.3 Å². The first-order valence-corrected chi connectivity index (χ1v) is 11.7. The van der Waals surface area contributed by atoms with Gasteiger partial charge in [-0.3, -0.25) is 14.6 Å². The number of hydrogen-bond donors (Lipinski definition) is 1. The third-order valence-corrected chi connectivity index (χ3v) is 7.33. The molecule has 28 heavy (non-hydrogen) atoms. The molecule has 1 atom stereocenters. The third-order valence-electron chi connectivity index (χ3n) is 5.88. The molecule has 2 saturated heterocycles. The van der Waals surface area contributed by atoms with Gasteiger partial charge < -0.3 is 10.0 Å². The summed E-state index contributed by atoms with van der Waals surface area (Å²) in [6.45, 7) is 9.02. The fourth-order valence-electron chi connectivity index (χ4n) is 4.08. The van der Waals surface area contributed by atoms with Crippen molar-refractivity contribution in [3.8, 4) is 0 Å². The van der Waals surface area contributed by atoms with E-state index < -0.39 is 0 Å². The Labute approximate surface area is 178 Å². The molecule has 0 radical (unpaired) electrons. The summed E-state index contributed by atoms with van der Waals surface area (Å²) in [5, 5.41) is 9.80. The molecule has 2 heterocycles. The number of piperazine rings is 1. The zero-order chi connectivity index (χ0) is 19.9. The molecule has 2 aliphatic rings. The summed E-state index contributed by atoms with van der Waals surface area (Å²) in [5.74, 6) is 1.10. The molecular weight excluding hydrogens is 394 g/mol. The Bertz CT molecular complexity index is 615. The highest BCUT2D eigenvalue weighted by Gasteiger charge is 2.30. The molecule has 2 aliphatic heterocycles. The maximum atomic E-state index is 12.8. The topological polar surface area (TPSA) is 47.0 Å². The molecule has 0 aliphatic carbocycles. The second-order valence-electron chi connectivity index (χ2n) is 7.74. The van der Waals surface area contributed by atoms with Gasteiger partial charge in [-0.25, -0.2) is 0 Å². The van der Waals surface area contributed by atoms with Crippen molar-refractivity contribution in [2.24, 2.45) is 0 Å². The molecule has 2 fully saturated rings. The van der Waals surface area contributed by atoms with Crippen molar-refractivity contribution in [1.82, 2.24) is 14.7 Å². The Balaban J connectivity index is 1.39. The standard InChI is InChI=1S/C21H32ClN3O2S/c1-17(28-16-18-2-4-19(22)5-3-18)21(27)25-8-6-20(7-9-25)24-12-10-23(11-13-24)14-15-26/h2-5,17,20,26H,6-16H2,1H3. The second-order valence-corrected chi connectivity index (χ2v) is 9.50. The number of β-amino-alcohol motifs (C(OH)–C–C–N with tert-alkyl or cyclic N) is 1. The Morgan fingerprint density at radius 2 is 1.79 bits per heavy atom. The van der Waals surface area contributed by atoms with Crippen LogP contribution in [-0.4, -0.2) is 89.4 Å². The summed E-state index contributed by atoms with van der Waals surface area (Å²) in [5.41, 5.74) is 1.20. The highest BCUT2D eigenvalue weighted by atomic mass is 35.5. The number of likely N-dealkylation sites (tertiary alicyclic amines) is 1. The summed E-state index contributed by atoms with van der Waals surface area (Å²) in [4.78, 5) is 19.8. The van der Waals surface area contributed by atoms with E-state index in [1.165, 1.54) is 5.56 Å². The summed E-state index contributed by atoms with van der Waals surface area (Å²) < 4.78 is 0. The second kappa shape index (κ2) is 10.8. The van der Waals surface area contributed by atoms with Gasteiger partial charge in [-0.05, 0) is 37.5 Å². The van der Waals surface area contributed by atoms with Crippen LogP contribution in [0.4, 0.5) is 0 Å². The first-order valence-electron chi connectivity index (χ1n) is 10.3. The Hall–Kier alpha value is -0.790. The van der Waals surface area contributed by atoms with Crippen LogP contribution in [0.15, 0.2) is 24.3 Å². The fourth-order valence-corrected chi connectivity index (χ4v) is 5.13. The van der Waals surface area contributed by atoms with E-state index in [0.29, 0.717) is 6.04 Å². The van der Waals surface area contributed by atoms with Crippen LogP contribution in [0.3, 0.4) is 0 Å². The van der Waals surface area contributed by atoms with Gasteiger partial charge in [-0.2, -0.15) is 0 Å². The highest BCUT2D eigenvalue weighted by molar-refractivity contribution is 7.99. The smallest absolute Gasteiger partial charge is 0.235 e. The SMILES string of the molecule is CC(SCc1ccc(Cl)cc1)C(=O)N1CCC(N2CCN(CCO)CC2)CC1. The highest BCUT2D eigenvalue weighted by Crippen LogP contribution is 2.24. The zero-order valence-electron chi connectivity index (χ0n) is 16.7. The molecule has 1 unspecified atom stereocenters. The molecule has 1 N–H and O–H groups in total. The molecule has 0 bridgehead atoms. The summed E-state index contributed by atoms with van der Waals surface area (Å²) in [6.07, 6.45) is 2.14. The molecule has 0 aromatic heterocycles. The lowest BCUT2D eigenvalue weighted by Gasteiger charge is -2.43. The monoisotopic (exact) mass is 425 g/mol. The minimum Gasteiger partial charge on any atom is -0.395 e. The van der Waals surface area contributed by atoms with Crippen LogP contribution in [0, 0.1) is 0 Å². The van der Waals surface area contributed by atoms with Crippen molar-refractivity contribution in [1.29, 1.82) is 0 Å². The number of aliphatic hydroxyl groups excluding tert-OH is 1. The van der Waals surface area contributed by atoms with E-state index >= 15 is 0 Å².